The monoisotopic (exact) mass is 364 g/mol. The SMILES string of the molecule is O=C1CCC(N2C(=O)c3cccc(OCc4ccccc4)c3C2=O)C(=O)N1. The summed E-state index contributed by atoms with van der Waals surface area (Å²) in [5.41, 5.74) is 1.28. The summed E-state index contributed by atoms with van der Waals surface area (Å²) in [5, 5.41) is 2.18. The van der Waals surface area contributed by atoms with Crippen molar-refractivity contribution < 1.29 is 23.9 Å². The molecule has 4 rings (SSSR count). The Kier molecular flexibility index (Phi) is 4.19. The van der Waals surface area contributed by atoms with E-state index in [1.54, 1.807) is 12.1 Å². The van der Waals surface area contributed by atoms with E-state index in [-0.39, 0.29) is 30.6 Å². The van der Waals surface area contributed by atoms with Crippen LogP contribution in [0.4, 0.5) is 0 Å². The average molecular weight is 364 g/mol. The fourth-order valence-electron chi connectivity index (χ4n) is 3.34. The van der Waals surface area contributed by atoms with Crippen molar-refractivity contribution in [3.8, 4) is 5.75 Å². The third-order valence-electron chi connectivity index (χ3n) is 4.67. The van der Waals surface area contributed by atoms with E-state index in [4.69, 9.17) is 4.74 Å². The normalized spacial score (nSPS) is 19.1. The summed E-state index contributed by atoms with van der Waals surface area (Å²) in [6, 6.07) is 13.3. The molecule has 2 aliphatic heterocycles. The second kappa shape index (κ2) is 6.68. The van der Waals surface area contributed by atoms with Crippen LogP contribution in [0.1, 0.15) is 39.1 Å². The van der Waals surface area contributed by atoms with Gasteiger partial charge in [0.05, 0.1) is 11.1 Å². The van der Waals surface area contributed by atoms with Gasteiger partial charge >= 0.3 is 0 Å². The minimum Gasteiger partial charge on any atom is -0.488 e. The highest BCUT2D eigenvalue weighted by Crippen LogP contribution is 2.33. The van der Waals surface area contributed by atoms with Crippen molar-refractivity contribution in [2.24, 2.45) is 0 Å². The van der Waals surface area contributed by atoms with E-state index < -0.39 is 29.7 Å². The number of hydrogen-bond acceptors (Lipinski definition) is 5. The van der Waals surface area contributed by atoms with Crippen molar-refractivity contribution in [2.75, 3.05) is 0 Å². The van der Waals surface area contributed by atoms with E-state index in [0.717, 1.165) is 10.5 Å². The largest absolute Gasteiger partial charge is 0.488 e. The summed E-state index contributed by atoms with van der Waals surface area (Å²) < 4.78 is 5.78. The number of fused-ring (bicyclic) bond motifs is 1. The average Bonchev–Trinajstić information content (AvgIpc) is 2.93. The number of carbonyl (C=O) groups is 4. The van der Waals surface area contributed by atoms with Crippen LogP contribution in [0.3, 0.4) is 0 Å². The molecule has 0 bridgehead atoms. The predicted molar refractivity (Wildman–Crippen MR) is 93.9 cm³/mol. The highest BCUT2D eigenvalue weighted by molar-refractivity contribution is 6.24. The van der Waals surface area contributed by atoms with Crippen molar-refractivity contribution in [2.45, 2.75) is 25.5 Å². The molecule has 0 radical (unpaired) electrons. The molecule has 27 heavy (non-hydrogen) atoms. The van der Waals surface area contributed by atoms with Crippen molar-refractivity contribution in [1.82, 2.24) is 10.2 Å². The van der Waals surface area contributed by atoms with Gasteiger partial charge in [0.15, 0.2) is 0 Å². The van der Waals surface area contributed by atoms with Gasteiger partial charge in [-0.1, -0.05) is 36.4 Å². The maximum absolute atomic E-state index is 12.9. The Hall–Kier alpha value is -3.48. The Balaban J connectivity index is 1.61. The molecular weight excluding hydrogens is 348 g/mol. The van der Waals surface area contributed by atoms with E-state index in [2.05, 4.69) is 5.32 Å². The fourth-order valence-corrected chi connectivity index (χ4v) is 3.34. The summed E-state index contributed by atoms with van der Waals surface area (Å²) >= 11 is 0. The van der Waals surface area contributed by atoms with Gasteiger partial charge in [-0.2, -0.15) is 0 Å². The molecule has 2 aromatic carbocycles. The summed E-state index contributed by atoms with van der Waals surface area (Å²) in [6.45, 7) is 0.247. The van der Waals surface area contributed by atoms with E-state index >= 15 is 0 Å². The van der Waals surface area contributed by atoms with Crippen molar-refractivity contribution >= 4 is 23.6 Å². The molecule has 0 saturated carbocycles. The summed E-state index contributed by atoms with van der Waals surface area (Å²) in [5.74, 6) is -1.86. The number of nitrogens with zero attached hydrogens (tertiary/aromatic N) is 1. The Morgan fingerprint density at radius 2 is 1.74 bits per heavy atom. The van der Waals surface area contributed by atoms with E-state index in [0.29, 0.717) is 5.75 Å². The van der Waals surface area contributed by atoms with E-state index in [1.165, 1.54) is 6.07 Å². The zero-order chi connectivity index (χ0) is 19.0. The maximum Gasteiger partial charge on any atom is 0.266 e. The lowest BCUT2D eigenvalue weighted by Crippen LogP contribution is -2.54. The Morgan fingerprint density at radius 3 is 2.48 bits per heavy atom. The molecule has 0 aliphatic carbocycles. The molecule has 1 N–H and O–H groups in total. The van der Waals surface area contributed by atoms with Crippen LogP contribution in [0, 0.1) is 0 Å². The molecule has 136 valence electrons. The van der Waals surface area contributed by atoms with Crippen LogP contribution >= 0.6 is 0 Å². The first kappa shape index (κ1) is 17.0. The fraction of sp³-hybridized carbons (Fsp3) is 0.200. The number of rotatable bonds is 4. The lowest BCUT2D eigenvalue weighted by molar-refractivity contribution is -0.136. The van der Waals surface area contributed by atoms with E-state index in [1.807, 2.05) is 30.3 Å². The van der Waals surface area contributed by atoms with Crippen molar-refractivity contribution in [3.05, 3.63) is 65.2 Å². The molecule has 1 unspecified atom stereocenters. The molecule has 7 heteroatoms. The number of ether oxygens (including phenoxy) is 1. The molecule has 2 aromatic rings. The zero-order valence-corrected chi connectivity index (χ0v) is 14.3. The molecule has 1 fully saturated rings. The number of imide groups is 2. The minimum absolute atomic E-state index is 0.0845. The Bertz CT molecular complexity index is 954. The van der Waals surface area contributed by atoms with Gasteiger partial charge in [-0.15, -0.1) is 0 Å². The summed E-state index contributed by atoms with van der Waals surface area (Å²) in [4.78, 5) is 50.1. The quantitative estimate of drug-likeness (QED) is 0.833. The van der Waals surface area contributed by atoms with Gasteiger partial charge in [-0.3, -0.25) is 29.4 Å². The van der Waals surface area contributed by atoms with E-state index in [9.17, 15) is 19.2 Å². The van der Waals surface area contributed by atoms with Gasteiger partial charge in [0.2, 0.25) is 11.8 Å². The molecule has 7 nitrogen and oxygen atoms in total. The zero-order valence-electron chi connectivity index (χ0n) is 14.3. The van der Waals surface area contributed by atoms with Gasteiger partial charge in [0, 0.05) is 6.42 Å². The van der Waals surface area contributed by atoms with Crippen LogP contribution in [-0.4, -0.2) is 34.6 Å². The minimum atomic E-state index is -0.989. The van der Waals surface area contributed by atoms with Gasteiger partial charge in [-0.05, 0) is 24.1 Å². The molecular formula is C20H16N2O5. The highest BCUT2D eigenvalue weighted by atomic mass is 16.5. The van der Waals surface area contributed by atoms with Gasteiger partial charge in [-0.25, -0.2) is 0 Å². The first-order valence-electron chi connectivity index (χ1n) is 8.57. The number of piperidine rings is 1. The third-order valence-corrected chi connectivity index (χ3v) is 4.67. The number of hydrogen-bond donors (Lipinski definition) is 1. The number of carbonyl (C=O) groups excluding carboxylic acids is 4. The highest BCUT2D eigenvalue weighted by Gasteiger charge is 2.45. The second-order valence-corrected chi connectivity index (χ2v) is 6.40. The molecule has 0 spiro atoms. The second-order valence-electron chi connectivity index (χ2n) is 6.40. The van der Waals surface area contributed by atoms with Crippen LogP contribution in [0.25, 0.3) is 0 Å². The van der Waals surface area contributed by atoms with Crippen LogP contribution < -0.4 is 10.1 Å². The summed E-state index contributed by atoms with van der Waals surface area (Å²) in [7, 11) is 0. The molecule has 4 amide bonds. The lowest BCUT2D eigenvalue weighted by Gasteiger charge is -2.27. The molecule has 2 aliphatic rings. The topological polar surface area (TPSA) is 92.8 Å². The van der Waals surface area contributed by atoms with Crippen LogP contribution in [0.2, 0.25) is 0 Å². The predicted octanol–water partition coefficient (Wildman–Crippen LogP) is 1.67. The van der Waals surface area contributed by atoms with Crippen LogP contribution in [-0.2, 0) is 16.2 Å². The molecule has 1 saturated heterocycles. The summed E-state index contributed by atoms with van der Waals surface area (Å²) in [6.07, 6.45) is 0.206. The molecule has 1 atom stereocenters. The van der Waals surface area contributed by atoms with Crippen LogP contribution in [0.5, 0.6) is 5.75 Å². The molecule has 2 heterocycles. The first-order chi connectivity index (χ1) is 13.1. The first-order valence-corrected chi connectivity index (χ1v) is 8.57. The van der Waals surface area contributed by atoms with Gasteiger partial charge in [0.25, 0.3) is 11.8 Å². The Labute approximate surface area is 154 Å². The van der Waals surface area contributed by atoms with Crippen molar-refractivity contribution in [1.29, 1.82) is 0 Å². The standard InChI is InChI=1S/C20H16N2O5/c23-16-10-9-14(18(24)21-16)22-19(25)13-7-4-8-15(17(13)20(22)26)27-11-12-5-2-1-3-6-12/h1-8,14H,9-11H2,(H,21,23,24). The lowest BCUT2D eigenvalue weighted by atomic mass is 10.0. The van der Waals surface area contributed by atoms with Crippen molar-refractivity contribution in [3.63, 3.8) is 0 Å². The number of nitrogens with one attached hydrogen (secondary N) is 1. The smallest absolute Gasteiger partial charge is 0.266 e. The number of amides is 4. The van der Waals surface area contributed by atoms with Gasteiger partial charge < -0.3 is 4.74 Å². The third kappa shape index (κ3) is 2.97. The molecule has 0 aromatic heterocycles. The van der Waals surface area contributed by atoms with Gasteiger partial charge in [0.1, 0.15) is 18.4 Å². The maximum atomic E-state index is 12.9. The van der Waals surface area contributed by atoms with Crippen LogP contribution in [0.15, 0.2) is 48.5 Å². The Morgan fingerprint density at radius 1 is 0.963 bits per heavy atom. The number of benzene rings is 2.